The molecule has 1 atom stereocenters. The SMILES string of the molecule is CC1CCC(O)(CN2CCCCC(N3CCN(C)CC3)C2)CC1. The smallest absolute Gasteiger partial charge is 0.0774 e. The molecule has 0 spiro atoms. The summed E-state index contributed by atoms with van der Waals surface area (Å²) < 4.78 is 0. The van der Waals surface area contributed by atoms with Crippen LogP contribution in [0.2, 0.25) is 0 Å². The number of piperazine rings is 1. The lowest BCUT2D eigenvalue weighted by molar-refractivity contribution is -0.0390. The van der Waals surface area contributed by atoms with Crippen molar-refractivity contribution in [2.45, 2.75) is 63.5 Å². The van der Waals surface area contributed by atoms with E-state index in [1.807, 2.05) is 0 Å². The van der Waals surface area contributed by atoms with Crippen LogP contribution in [0.5, 0.6) is 0 Å². The quantitative estimate of drug-likeness (QED) is 0.861. The number of nitrogens with zero attached hydrogens (tertiary/aromatic N) is 3. The van der Waals surface area contributed by atoms with E-state index in [4.69, 9.17) is 0 Å². The molecule has 0 amide bonds. The highest BCUT2D eigenvalue weighted by molar-refractivity contribution is 4.90. The van der Waals surface area contributed by atoms with Crippen molar-refractivity contribution in [1.82, 2.24) is 14.7 Å². The highest BCUT2D eigenvalue weighted by Gasteiger charge is 2.35. The highest BCUT2D eigenvalue weighted by Crippen LogP contribution is 2.33. The average Bonchev–Trinajstić information content (AvgIpc) is 2.77. The van der Waals surface area contributed by atoms with Crippen LogP contribution < -0.4 is 0 Å². The molecule has 2 saturated heterocycles. The van der Waals surface area contributed by atoms with Gasteiger partial charge in [-0.2, -0.15) is 0 Å². The summed E-state index contributed by atoms with van der Waals surface area (Å²) in [4.78, 5) is 7.74. The molecule has 1 N–H and O–H groups in total. The Balaban J connectivity index is 1.54. The third-order valence-corrected chi connectivity index (χ3v) is 6.51. The lowest BCUT2D eigenvalue weighted by atomic mass is 9.79. The molecule has 0 bridgehead atoms. The van der Waals surface area contributed by atoms with E-state index in [2.05, 4.69) is 28.7 Å². The van der Waals surface area contributed by atoms with Crippen molar-refractivity contribution in [2.75, 3.05) is 52.9 Å². The number of aliphatic hydroxyl groups is 1. The number of likely N-dealkylation sites (tertiary alicyclic amines) is 1. The Hall–Kier alpha value is -0.160. The zero-order valence-electron chi connectivity index (χ0n) is 15.3. The van der Waals surface area contributed by atoms with Gasteiger partial charge in [0.1, 0.15) is 0 Å². The maximum Gasteiger partial charge on any atom is 0.0774 e. The molecular weight excluding hydrogens is 286 g/mol. The zero-order chi connectivity index (χ0) is 16.3. The molecule has 0 aromatic rings. The van der Waals surface area contributed by atoms with E-state index in [0.717, 1.165) is 25.3 Å². The highest BCUT2D eigenvalue weighted by atomic mass is 16.3. The van der Waals surface area contributed by atoms with E-state index in [9.17, 15) is 5.11 Å². The van der Waals surface area contributed by atoms with E-state index in [1.54, 1.807) is 0 Å². The molecule has 1 saturated carbocycles. The normalized spacial score (nSPS) is 39.3. The summed E-state index contributed by atoms with van der Waals surface area (Å²) in [7, 11) is 2.23. The molecule has 3 rings (SSSR count). The molecule has 23 heavy (non-hydrogen) atoms. The molecule has 2 aliphatic heterocycles. The Morgan fingerprint density at radius 1 is 0.957 bits per heavy atom. The Morgan fingerprint density at radius 2 is 1.65 bits per heavy atom. The monoisotopic (exact) mass is 323 g/mol. The summed E-state index contributed by atoms with van der Waals surface area (Å²) in [6.07, 6.45) is 8.40. The minimum atomic E-state index is -0.413. The standard InChI is InChI=1S/C19H37N3O/c1-17-6-8-19(23,9-7-17)16-21-10-4-3-5-18(15-21)22-13-11-20(2)12-14-22/h17-18,23H,3-16H2,1-2H3. The van der Waals surface area contributed by atoms with Crippen LogP contribution in [0.3, 0.4) is 0 Å². The first-order valence-electron chi connectivity index (χ1n) is 9.91. The molecule has 4 nitrogen and oxygen atoms in total. The molecule has 0 aromatic carbocycles. The van der Waals surface area contributed by atoms with E-state index >= 15 is 0 Å². The van der Waals surface area contributed by atoms with Gasteiger partial charge in [-0.25, -0.2) is 0 Å². The van der Waals surface area contributed by atoms with Crippen LogP contribution in [0.1, 0.15) is 51.9 Å². The molecule has 3 aliphatic rings. The minimum absolute atomic E-state index is 0.413. The predicted octanol–water partition coefficient (Wildman–Crippen LogP) is 2.03. The van der Waals surface area contributed by atoms with Crippen LogP contribution in [0.4, 0.5) is 0 Å². The molecule has 3 fully saturated rings. The number of hydrogen-bond acceptors (Lipinski definition) is 4. The molecule has 0 radical (unpaired) electrons. The van der Waals surface area contributed by atoms with Crippen molar-refractivity contribution in [3.8, 4) is 0 Å². The van der Waals surface area contributed by atoms with Gasteiger partial charge in [0.05, 0.1) is 5.60 Å². The summed E-state index contributed by atoms with van der Waals surface area (Å²) >= 11 is 0. The molecule has 4 heteroatoms. The van der Waals surface area contributed by atoms with Gasteiger partial charge in [-0.05, 0) is 58.0 Å². The van der Waals surface area contributed by atoms with Gasteiger partial charge in [0.25, 0.3) is 0 Å². The molecule has 1 unspecified atom stereocenters. The van der Waals surface area contributed by atoms with Crippen LogP contribution in [-0.4, -0.2) is 84.3 Å². The first kappa shape index (κ1) is 17.7. The van der Waals surface area contributed by atoms with Crippen LogP contribution in [-0.2, 0) is 0 Å². The van der Waals surface area contributed by atoms with Gasteiger partial charge >= 0.3 is 0 Å². The van der Waals surface area contributed by atoms with E-state index < -0.39 is 5.60 Å². The van der Waals surface area contributed by atoms with Gasteiger partial charge < -0.3 is 10.0 Å². The fourth-order valence-electron chi connectivity index (χ4n) is 4.70. The Kier molecular flexibility index (Phi) is 6.00. The number of rotatable bonds is 3. The number of hydrogen-bond donors (Lipinski definition) is 1. The second kappa shape index (κ2) is 7.81. The summed E-state index contributed by atoms with van der Waals surface area (Å²) in [5.41, 5.74) is -0.413. The maximum absolute atomic E-state index is 11.0. The lowest BCUT2D eigenvalue weighted by Crippen LogP contribution is -2.53. The van der Waals surface area contributed by atoms with E-state index in [1.165, 1.54) is 71.4 Å². The van der Waals surface area contributed by atoms with Crippen LogP contribution in [0, 0.1) is 5.92 Å². The summed E-state index contributed by atoms with van der Waals surface area (Å²) in [6.45, 7) is 10.4. The fraction of sp³-hybridized carbons (Fsp3) is 1.00. The minimum Gasteiger partial charge on any atom is -0.389 e. The third kappa shape index (κ3) is 4.91. The largest absolute Gasteiger partial charge is 0.389 e. The van der Waals surface area contributed by atoms with Gasteiger partial charge in [-0.1, -0.05) is 13.3 Å². The van der Waals surface area contributed by atoms with Gasteiger partial charge in [0.2, 0.25) is 0 Å². The second-order valence-corrected chi connectivity index (χ2v) is 8.63. The fourth-order valence-corrected chi connectivity index (χ4v) is 4.70. The van der Waals surface area contributed by atoms with Gasteiger partial charge in [-0.15, -0.1) is 0 Å². The first-order valence-corrected chi connectivity index (χ1v) is 9.91. The first-order chi connectivity index (χ1) is 11.0. The van der Waals surface area contributed by atoms with E-state index in [-0.39, 0.29) is 0 Å². The third-order valence-electron chi connectivity index (χ3n) is 6.51. The molecule has 0 aromatic heterocycles. The Morgan fingerprint density at radius 3 is 2.35 bits per heavy atom. The Labute approximate surface area is 142 Å². The zero-order valence-corrected chi connectivity index (χ0v) is 15.3. The molecule has 134 valence electrons. The van der Waals surface area contributed by atoms with Crippen molar-refractivity contribution >= 4 is 0 Å². The number of likely N-dealkylation sites (N-methyl/N-ethyl adjacent to an activating group) is 1. The summed E-state index contributed by atoms with van der Waals surface area (Å²) in [5.74, 6) is 0.803. The summed E-state index contributed by atoms with van der Waals surface area (Å²) in [5, 5.41) is 11.0. The summed E-state index contributed by atoms with van der Waals surface area (Å²) in [6, 6.07) is 0.706. The van der Waals surface area contributed by atoms with Crippen LogP contribution in [0.15, 0.2) is 0 Å². The number of β-amino-alcohol motifs (C(OH)–C–C–N with tert-alkyl or cyclic N) is 1. The second-order valence-electron chi connectivity index (χ2n) is 8.63. The van der Waals surface area contributed by atoms with Gasteiger partial charge in [-0.3, -0.25) is 9.80 Å². The average molecular weight is 324 g/mol. The molecule has 1 aliphatic carbocycles. The van der Waals surface area contributed by atoms with Crippen molar-refractivity contribution in [3.63, 3.8) is 0 Å². The Bertz CT molecular complexity index is 360. The lowest BCUT2D eigenvalue weighted by Gasteiger charge is -2.42. The maximum atomic E-state index is 11.0. The van der Waals surface area contributed by atoms with Crippen LogP contribution >= 0.6 is 0 Å². The van der Waals surface area contributed by atoms with Gasteiger partial charge in [0, 0.05) is 45.3 Å². The topological polar surface area (TPSA) is 30.0 Å². The predicted molar refractivity (Wildman–Crippen MR) is 95.7 cm³/mol. The van der Waals surface area contributed by atoms with E-state index in [0.29, 0.717) is 6.04 Å². The van der Waals surface area contributed by atoms with Gasteiger partial charge in [0.15, 0.2) is 0 Å². The van der Waals surface area contributed by atoms with Crippen molar-refractivity contribution in [1.29, 1.82) is 0 Å². The van der Waals surface area contributed by atoms with Crippen molar-refractivity contribution in [3.05, 3.63) is 0 Å². The van der Waals surface area contributed by atoms with Crippen LogP contribution in [0.25, 0.3) is 0 Å². The molecular formula is C19H37N3O. The van der Waals surface area contributed by atoms with Crippen molar-refractivity contribution < 1.29 is 5.11 Å². The van der Waals surface area contributed by atoms with Crippen molar-refractivity contribution in [2.24, 2.45) is 5.92 Å². The molecule has 2 heterocycles.